The van der Waals surface area contributed by atoms with E-state index in [0.29, 0.717) is 19.8 Å². The van der Waals surface area contributed by atoms with Gasteiger partial charge in [0.25, 0.3) is 0 Å². The first-order valence-electron chi connectivity index (χ1n) is 3.90. The number of nitriles is 1. The lowest BCUT2D eigenvalue weighted by molar-refractivity contribution is -0.144. The number of hydrogen-bond acceptors (Lipinski definition) is 5. The van der Waals surface area contributed by atoms with Gasteiger partial charge in [-0.05, 0) is 0 Å². The van der Waals surface area contributed by atoms with E-state index in [9.17, 15) is 4.79 Å². The summed E-state index contributed by atoms with van der Waals surface area (Å²) in [6, 6.07) is 1.69. The summed E-state index contributed by atoms with van der Waals surface area (Å²) in [6.07, 6.45) is -0.210. The van der Waals surface area contributed by atoms with Crippen molar-refractivity contribution in [1.82, 2.24) is 0 Å². The van der Waals surface area contributed by atoms with Crippen molar-refractivity contribution in [3.63, 3.8) is 0 Å². The van der Waals surface area contributed by atoms with Gasteiger partial charge in [0.15, 0.2) is 0 Å². The van der Waals surface area contributed by atoms with Crippen molar-refractivity contribution in [2.45, 2.75) is 6.42 Å². The monoisotopic (exact) mass is 187 g/mol. The topological polar surface area (TPSA) is 68.6 Å². The van der Waals surface area contributed by atoms with Crippen molar-refractivity contribution >= 4 is 5.97 Å². The Kier molecular flexibility index (Phi) is 8.20. The third kappa shape index (κ3) is 8.79. The molecule has 0 aromatic rings. The Bertz CT molecular complexity index is 175. The number of carbonyl (C=O) groups is 1. The van der Waals surface area contributed by atoms with E-state index in [1.807, 2.05) is 0 Å². The summed E-state index contributed by atoms with van der Waals surface area (Å²) in [5, 5.41) is 8.11. The second-order valence-corrected chi connectivity index (χ2v) is 2.16. The summed E-state index contributed by atoms with van der Waals surface area (Å²) >= 11 is 0. The van der Waals surface area contributed by atoms with Gasteiger partial charge in [0.05, 0.1) is 25.9 Å². The van der Waals surface area contributed by atoms with Gasteiger partial charge in [0.1, 0.15) is 13.0 Å². The third-order valence-corrected chi connectivity index (χ3v) is 1.15. The summed E-state index contributed by atoms with van der Waals surface area (Å²) < 4.78 is 14.4. The Morgan fingerprint density at radius 3 is 2.62 bits per heavy atom. The minimum atomic E-state index is -0.516. The van der Waals surface area contributed by atoms with Crippen LogP contribution in [-0.2, 0) is 19.0 Å². The highest BCUT2D eigenvalue weighted by Gasteiger charge is 1.99. The van der Waals surface area contributed by atoms with Gasteiger partial charge in [0, 0.05) is 7.11 Å². The predicted octanol–water partition coefficient (Wildman–Crippen LogP) is 0.106. The minimum Gasteiger partial charge on any atom is -0.462 e. The Hall–Kier alpha value is -1.12. The molecule has 0 radical (unpaired) electrons. The molecule has 0 aromatic heterocycles. The number of ether oxygens (including phenoxy) is 3. The van der Waals surface area contributed by atoms with E-state index in [-0.39, 0.29) is 13.0 Å². The predicted molar refractivity (Wildman–Crippen MR) is 43.9 cm³/mol. The first-order valence-corrected chi connectivity index (χ1v) is 3.90. The smallest absolute Gasteiger partial charge is 0.320 e. The van der Waals surface area contributed by atoms with E-state index in [1.165, 1.54) is 0 Å². The molecule has 5 heteroatoms. The molecule has 13 heavy (non-hydrogen) atoms. The highest BCUT2D eigenvalue weighted by atomic mass is 16.6. The van der Waals surface area contributed by atoms with Crippen LogP contribution in [0.3, 0.4) is 0 Å². The first-order chi connectivity index (χ1) is 6.31. The Labute approximate surface area is 77.2 Å². The van der Waals surface area contributed by atoms with Crippen LogP contribution in [0.4, 0.5) is 0 Å². The molecule has 0 atom stereocenters. The molecule has 0 bridgehead atoms. The summed E-state index contributed by atoms with van der Waals surface area (Å²) in [5.74, 6) is -0.516. The molecule has 0 unspecified atom stereocenters. The van der Waals surface area contributed by atoms with Crippen molar-refractivity contribution < 1.29 is 19.0 Å². The molecule has 0 aliphatic rings. The zero-order chi connectivity index (χ0) is 9.94. The van der Waals surface area contributed by atoms with Crippen LogP contribution in [0, 0.1) is 11.3 Å². The van der Waals surface area contributed by atoms with Gasteiger partial charge in [-0.3, -0.25) is 4.79 Å². The lowest BCUT2D eigenvalue weighted by Gasteiger charge is -2.03. The summed E-state index contributed by atoms with van der Waals surface area (Å²) in [4.78, 5) is 10.6. The molecule has 0 N–H and O–H groups in total. The maximum absolute atomic E-state index is 10.6. The van der Waals surface area contributed by atoms with Crippen molar-refractivity contribution in [3.05, 3.63) is 0 Å². The number of methoxy groups -OCH3 is 1. The zero-order valence-corrected chi connectivity index (χ0v) is 7.62. The van der Waals surface area contributed by atoms with Crippen molar-refractivity contribution in [1.29, 1.82) is 5.26 Å². The van der Waals surface area contributed by atoms with E-state index in [2.05, 4.69) is 4.74 Å². The van der Waals surface area contributed by atoms with Gasteiger partial charge < -0.3 is 14.2 Å². The molecule has 0 aliphatic heterocycles. The fourth-order valence-corrected chi connectivity index (χ4v) is 0.574. The van der Waals surface area contributed by atoms with Gasteiger partial charge in [-0.25, -0.2) is 0 Å². The molecule has 5 nitrogen and oxygen atoms in total. The second kappa shape index (κ2) is 8.97. The number of hydrogen-bond donors (Lipinski definition) is 0. The van der Waals surface area contributed by atoms with Crippen LogP contribution in [0.1, 0.15) is 6.42 Å². The van der Waals surface area contributed by atoms with Crippen LogP contribution in [0.25, 0.3) is 0 Å². The van der Waals surface area contributed by atoms with Crippen molar-refractivity contribution in [2.75, 3.05) is 33.5 Å². The second-order valence-electron chi connectivity index (χ2n) is 2.16. The molecule has 0 rings (SSSR count). The van der Waals surface area contributed by atoms with E-state index >= 15 is 0 Å². The maximum Gasteiger partial charge on any atom is 0.320 e. The minimum absolute atomic E-state index is 0.185. The molecule has 0 fully saturated rings. The highest BCUT2D eigenvalue weighted by molar-refractivity contribution is 5.71. The van der Waals surface area contributed by atoms with E-state index in [1.54, 1.807) is 13.2 Å². The average molecular weight is 187 g/mol. The number of nitrogens with zero attached hydrogens (tertiary/aromatic N) is 1. The standard InChI is InChI=1S/C8H13NO4/c1-11-4-5-12-6-7-13-8(10)2-3-9/h2,4-7H2,1H3. The van der Waals surface area contributed by atoms with Gasteiger partial charge in [-0.1, -0.05) is 0 Å². The van der Waals surface area contributed by atoms with Crippen LogP contribution < -0.4 is 0 Å². The molecule has 74 valence electrons. The lowest BCUT2D eigenvalue weighted by Crippen LogP contribution is -2.11. The van der Waals surface area contributed by atoms with Gasteiger partial charge in [0.2, 0.25) is 0 Å². The molecule has 0 saturated heterocycles. The van der Waals surface area contributed by atoms with Crippen molar-refractivity contribution in [2.24, 2.45) is 0 Å². The van der Waals surface area contributed by atoms with Crippen LogP contribution in [0.5, 0.6) is 0 Å². The zero-order valence-electron chi connectivity index (χ0n) is 7.62. The highest BCUT2D eigenvalue weighted by Crippen LogP contribution is 1.85. The molecule has 0 spiro atoms. The summed E-state index contributed by atoms with van der Waals surface area (Å²) in [7, 11) is 1.58. The van der Waals surface area contributed by atoms with Gasteiger partial charge in [-0.2, -0.15) is 5.26 Å². The number of carbonyl (C=O) groups excluding carboxylic acids is 1. The van der Waals surface area contributed by atoms with Crippen LogP contribution in [-0.4, -0.2) is 39.5 Å². The summed E-state index contributed by atoms with van der Waals surface area (Å²) in [5.41, 5.74) is 0. The van der Waals surface area contributed by atoms with Crippen LogP contribution in [0.2, 0.25) is 0 Å². The largest absolute Gasteiger partial charge is 0.462 e. The fraction of sp³-hybridized carbons (Fsp3) is 0.750. The molecule has 0 aliphatic carbocycles. The van der Waals surface area contributed by atoms with Crippen LogP contribution >= 0.6 is 0 Å². The quantitative estimate of drug-likeness (QED) is 0.418. The first kappa shape index (κ1) is 11.9. The molecule has 0 heterocycles. The van der Waals surface area contributed by atoms with E-state index < -0.39 is 5.97 Å². The van der Waals surface area contributed by atoms with Crippen LogP contribution in [0.15, 0.2) is 0 Å². The SMILES string of the molecule is COCCOCCOC(=O)CC#N. The molecule has 0 aromatic carbocycles. The fourth-order valence-electron chi connectivity index (χ4n) is 0.574. The average Bonchev–Trinajstić information content (AvgIpc) is 2.11. The Morgan fingerprint density at radius 1 is 1.31 bits per heavy atom. The Balaban J connectivity index is 3.08. The van der Waals surface area contributed by atoms with Gasteiger partial charge >= 0.3 is 5.97 Å². The molecule has 0 amide bonds. The third-order valence-electron chi connectivity index (χ3n) is 1.15. The molecular formula is C8H13NO4. The van der Waals surface area contributed by atoms with Crippen molar-refractivity contribution in [3.8, 4) is 6.07 Å². The summed E-state index contributed by atoms with van der Waals surface area (Å²) in [6.45, 7) is 1.52. The van der Waals surface area contributed by atoms with E-state index in [0.717, 1.165) is 0 Å². The molecule has 0 saturated carbocycles. The number of esters is 1. The lowest BCUT2D eigenvalue weighted by atomic mass is 10.5. The van der Waals surface area contributed by atoms with Gasteiger partial charge in [-0.15, -0.1) is 0 Å². The van der Waals surface area contributed by atoms with E-state index in [4.69, 9.17) is 14.7 Å². The molecular weight excluding hydrogens is 174 g/mol. The maximum atomic E-state index is 10.6. The number of rotatable bonds is 7. The normalized spacial score (nSPS) is 9.23. The Morgan fingerprint density at radius 2 is 2.00 bits per heavy atom.